The van der Waals surface area contributed by atoms with E-state index in [1.165, 1.54) is 42.6 Å². The molecule has 132 valence electrons. The molecule has 7 heteroatoms. The van der Waals surface area contributed by atoms with Crippen LogP contribution in [0.25, 0.3) is 0 Å². The summed E-state index contributed by atoms with van der Waals surface area (Å²) in [5, 5.41) is 14.1. The van der Waals surface area contributed by atoms with Crippen molar-refractivity contribution in [1.29, 1.82) is 5.26 Å². The van der Waals surface area contributed by atoms with E-state index >= 15 is 0 Å². The highest BCUT2D eigenvalue weighted by molar-refractivity contribution is 6.07. The standard InChI is InChI=1S/C20H13FN4O2/c21-15-3-7-17(8-4-15)24-19(26)14-9-10-23-18(11-14)20(27)25-16-5-1-13(12-22)2-6-16/h1-11H,(H,24,26)(H,25,27). The number of pyridine rings is 1. The van der Waals surface area contributed by atoms with Crippen LogP contribution in [0, 0.1) is 17.1 Å². The van der Waals surface area contributed by atoms with E-state index in [0.29, 0.717) is 16.9 Å². The Kier molecular flexibility index (Phi) is 5.19. The molecule has 3 rings (SSSR count). The molecule has 0 spiro atoms. The Balaban J connectivity index is 1.71. The van der Waals surface area contributed by atoms with Gasteiger partial charge in [0.15, 0.2) is 0 Å². The number of nitriles is 1. The first-order valence-electron chi connectivity index (χ1n) is 7.89. The van der Waals surface area contributed by atoms with E-state index in [1.807, 2.05) is 6.07 Å². The zero-order valence-electron chi connectivity index (χ0n) is 13.9. The zero-order chi connectivity index (χ0) is 19.2. The molecule has 0 saturated heterocycles. The predicted octanol–water partition coefficient (Wildman–Crippen LogP) is 3.60. The smallest absolute Gasteiger partial charge is 0.274 e. The van der Waals surface area contributed by atoms with E-state index in [1.54, 1.807) is 24.3 Å². The monoisotopic (exact) mass is 360 g/mol. The van der Waals surface area contributed by atoms with Gasteiger partial charge in [0.05, 0.1) is 11.6 Å². The molecule has 6 nitrogen and oxygen atoms in total. The highest BCUT2D eigenvalue weighted by atomic mass is 19.1. The van der Waals surface area contributed by atoms with Gasteiger partial charge < -0.3 is 10.6 Å². The maximum atomic E-state index is 12.9. The van der Waals surface area contributed by atoms with Gasteiger partial charge in [-0.15, -0.1) is 0 Å². The summed E-state index contributed by atoms with van der Waals surface area (Å²) >= 11 is 0. The number of nitrogens with one attached hydrogen (secondary N) is 2. The fourth-order valence-electron chi connectivity index (χ4n) is 2.26. The van der Waals surface area contributed by atoms with Gasteiger partial charge in [0.25, 0.3) is 11.8 Å². The Bertz CT molecular complexity index is 1030. The molecule has 0 fully saturated rings. The van der Waals surface area contributed by atoms with Crippen molar-refractivity contribution < 1.29 is 14.0 Å². The van der Waals surface area contributed by atoms with Crippen LogP contribution in [-0.2, 0) is 0 Å². The lowest BCUT2D eigenvalue weighted by molar-refractivity contribution is 0.102. The van der Waals surface area contributed by atoms with Crippen LogP contribution in [0.1, 0.15) is 26.4 Å². The molecule has 2 aromatic carbocycles. The summed E-state index contributed by atoms with van der Waals surface area (Å²) in [6.45, 7) is 0. The number of amides is 2. The van der Waals surface area contributed by atoms with Crippen molar-refractivity contribution in [3.8, 4) is 6.07 Å². The van der Waals surface area contributed by atoms with Crippen molar-refractivity contribution in [2.24, 2.45) is 0 Å². The molecule has 3 aromatic rings. The normalized spacial score (nSPS) is 9.93. The fraction of sp³-hybridized carbons (Fsp3) is 0. The Morgan fingerprint density at radius 2 is 1.48 bits per heavy atom. The molecular formula is C20H13FN4O2. The van der Waals surface area contributed by atoms with Crippen molar-refractivity contribution in [2.75, 3.05) is 10.6 Å². The quantitative estimate of drug-likeness (QED) is 0.743. The van der Waals surface area contributed by atoms with E-state index in [-0.39, 0.29) is 11.3 Å². The molecule has 0 bridgehead atoms. The molecule has 0 unspecified atom stereocenters. The maximum absolute atomic E-state index is 12.9. The van der Waals surface area contributed by atoms with E-state index in [4.69, 9.17) is 5.26 Å². The summed E-state index contributed by atoms with van der Waals surface area (Å²) in [7, 11) is 0. The summed E-state index contributed by atoms with van der Waals surface area (Å²) in [4.78, 5) is 28.6. The van der Waals surface area contributed by atoms with Gasteiger partial charge in [0.2, 0.25) is 0 Å². The molecular weight excluding hydrogens is 347 g/mol. The predicted molar refractivity (Wildman–Crippen MR) is 97.7 cm³/mol. The van der Waals surface area contributed by atoms with Gasteiger partial charge in [-0.05, 0) is 60.7 Å². The van der Waals surface area contributed by atoms with Gasteiger partial charge in [0.1, 0.15) is 11.5 Å². The molecule has 0 saturated carbocycles. The minimum absolute atomic E-state index is 0.0612. The molecule has 0 aliphatic rings. The highest BCUT2D eigenvalue weighted by Gasteiger charge is 2.12. The van der Waals surface area contributed by atoms with Gasteiger partial charge in [-0.1, -0.05) is 0 Å². The summed E-state index contributed by atoms with van der Waals surface area (Å²) in [5.41, 5.74) is 1.71. The zero-order valence-corrected chi connectivity index (χ0v) is 13.9. The van der Waals surface area contributed by atoms with E-state index < -0.39 is 17.6 Å². The summed E-state index contributed by atoms with van der Waals surface area (Å²) < 4.78 is 12.9. The third kappa shape index (κ3) is 4.52. The first-order chi connectivity index (χ1) is 13.0. The molecule has 1 heterocycles. The second-order valence-corrected chi connectivity index (χ2v) is 5.53. The Morgan fingerprint density at radius 1 is 0.889 bits per heavy atom. The number of hydrogen-bond acceptors (Lipinski definition) is 4. The SMILES string of the molecule is N#Cc1ccc(NC(=O)c2cc(C(=O)Nc3ccc(F)cc3)ccn2)cc1. The molecule has 1 aromatic heterocycles. The molecule has 27 heavy (non-hydrogen) atoms. The number of hydrogen-bond donors (Lipinski definition) is 2. The summed E-state index contributed by atoms with van der Waals surface area (Å²) in [6.07, 6.45) is 1.35. The van der Waals surface area contributed by atoms with Crippen LogP contribution < -0.4 is 10.6 Å². The van der Waals surface area contributed by atoms with Gasteiger partial charge >= 0.3 is 0 Å². The number of rotatable bonds is 4. The van der Waals surface area contributed by atoms with Crippen molar-refractivity contribution >= 4 is 23.2 Å². The van der Waals surface area contributed by atoms with Crippen LogP contribution in [0.3, 0.4) is 0 Å². The fourth-order valence-corrected chi connectivity index (χ4v) is 2.26. The minimum Gasteiger partial charge on any atom is -0.322 e. The van der Waals surface area contributed by atoms with E-state index in [9.17, 15) is 14.0 Å². The van der Waals surface area contributed by atoms with Crippen molar-refractivity contribution in [2.45, 2.75) is 0 Å². The van der Waals surface area contributed by atoms with Crippen LogP contribution in [0.15, 0.2) is 66.9 Å². The first-order valence-corrected chi connectivity index (χ1v) is 7.89. The van der Waals surface area contributed by atoms with Crippen LogP contribution in [0.5, 0.6) is 0 Å². The highest BCUT2D eigenvalue weighted by Crippen LogP contribution is 2.13. The Morgan fingerprint density at radius 3 is 2.11 bits per heavy atom. The number of anilines is 2. The van der Waals surface area contributed by atoms with E-state index in [0.717, 1.165) is 0 Å². The number of carbonyl (C=O) groups is 2. The number of nitrogens with zero attached hydrogens (tertiary/aromatic N) is 2. The third-order valence-corrected chi connectivity index (χ3v) is 3.63. The third-order valence-electron chi connectivity index (χ3n) is 3.63. The van der Waals surface area contributed by atoms with Gasteiger partial charge in [-0.3, -0.25) is 14.6 Å². The van der Waals surface area contributed by atoms with Crippen LogP contribution in [-0.4, -0.2) is 16.8 Å². The number of carbonyl (C=O) groups excluding carboxylic acids is 2. The lowest BCUT2D eigenvalue weighted by atomic mass is 10.2. The van der Waals surface area contributed by atoms with Crippen molar-refractivity contribution in [1.82, 2.24) is 4.98 Å². The molecule has 2 N–H and O–H groups in total. The van der Waals surface area contributed by atoms with Crippen molar-refractivity contribution in [3.63, 3.8) is 0 Å². The lowest BCUT2D eigenvalue weighted by Crippen LogP contribution is -2.17. The van der Waals surface area contributed by atoms with Gasteiger partial charge in [-0.25, -0.2) is 4.39 Å². The maximum Gasteiger partial charge on any atom is 0.274 e. The van der Waals surface area contributed by atoms with Crippen LogP contribution in [0.2, 0.25) is 0 Å². The molecule has 0 aliphatic heterocycles. The minimum atomic E-state index is -0.490. The van der Waals surface area contributed by atoms with Crippen molar-refractivity contribution in [3.05, 3.63) is 89.5 Å². The average molecular weight is 360 g/mol. The number of benzene rings is 2. The van der Waals surface area contributed by atoms with E-state index in [2.05, 4.69) is 15.6 Å². The lowest BCUT2D eigenvalue weighted by Gasteiger charge is -2.07. The van der Waals surface area contributed by atoms with Crippen LogP contribution in [0.4, 0.5) is 15.8 Å². The largest absolute Gasteiger partial charge is 0.322 e. The Hall–Kier alpha value is -4.05. The molecule has 0 atom stereocenters. The number of halogens is 1. The van der Waals surface area contributed by atoms with Gasteiger partial charge in [0, 0.05) is 23.1 Å². The Labute approximate surface area is 154 Å². The summed E-state index contributed by atoms with van der Waals surface area (Å²) in [6, 6.07) is 16.5. The molecule has 0 radical (unpaired) electrons. The molecule has 0 aliphatic carbocycles. The molecule has 2 amide bonds. The topological polar surface area (TPSA) is 94.9 Å². The van der Waals surface area contributed by atoms with Gasteiger partial charge in [-0.2, -0.15) is 5.26 Å². The second-order valence-electron chi connectivity index (χ2n) is 5.53. The van der Waals surface area contributed by atoms with Crippen LogP contribution >= 0.6 is 0 Å². The summed E-state index contributed by atoms with van der Waals surface area (Å²) in [5.74, 6) is -1.34. The number of aromatic nitrogens is 1. The average Bonchev–Trinajstić information content (AvgIpc) is 2.70. The second kappa shape index (κ2) is 7.89. The first kappa shape index (κ1) is 17.8.